The van der Waals surface area contributed by atoms with Crippen molar-refractivity contribution in [3.63, 3.8) is 0 Å². The molecule has 0 saturated carbocycles. The highest BCUT2D eigenvalue weighted by atomic mass is 35.5. The Morgan fingerprint density at radius 1 is 1.48 bits per heavy atom. The van der Waals surface area contributed by atoms with Crippen LogP contribution in [0.2, 0.25) is 5.02 Å². The fraction of sp³-hybridized carbons (Fsp3) is 0.647. The van der Waals surface area contributed by atoms with E-state index in [0.29, 0.717) is 12.0 Å². The number of rotatable bonds is 7. The van der Waals surface area contributed by atoms with Crippen molar-refractivity contribution >= 4 is 17.3 Å². The molecule has 3 nitrogen and oxygen atoms in total. The first-order valence-electron chi connectivity index (χ1n) is 7.92. The van der Waals surface area contributed by atoms with Crippen LogP contribution in [0.4, 0.5) is 5.69 Å². The number of hydrogen-bond acceptors (Lipinski definition) is 3. The van der Waals surface area contributed by atoms with Gasteiger partial charge < -0.3 is 15.0 Å². The lowest BCUT2D eigenvalue weighted by Crippen LogP contribution is -2.22. The molecule has 0 spiro atoms. The first-order valence-corrected chi connectivity index (χ1v) is 8.30. The van der Waals surface area contributed by atoms with E-state index in [0.717, 1.165) is 43.4 Å². The Morgan fingerprint density at radius 2 is 2.29 bits per heavy atom. The van der Waals surface area contributed by atoms with Crippen LogP contribution in [0.3, 0.4) is 0 Å². The lowest BCUT2D eigenvalue weighted by atomic mass is 10.1. The van der Waals surface area contributed by atoms with Gasteiger partial charge in [0.1, 0.15) is 0 Å². The monoisotopic (exact) mass is 310 g/mol. The largest absolute Gasteiger partial charge is 0.384 e. The molecule has 21 heavy (non-hydrogen) atoms. The van der Waals surface area contributed by atoms with Gasteiger partial charge in [0.2, 0.25) is 0 Å². The minimum absolute atomic E-state index is 0.344. The first-order chi connectivity index (χ1) is 10.2. The van der Waals surface area contributed by atoms with Gasteiger partial charge in [-0.25, -0.2) is 0 Å². The van der Waals surface area contributed by atoms with Crippen molar-refractivity contribution in [1.29, 1.82) is 0 Å². The van der Waals surface area contributed by atoms with E-state index in [2.05, 4.69) is 42.3 Å². The van der Waals surface area contributed by atoms with Crippen LogP contribution < -0.4 is 10.2 Å². The third kappa shape index (κ3) is 4.35. The normalized spacial score (nSPS) is 20.0. The van der Waals surface area contributed by atoms with Gasteiger partial charge in [-0.2, -0.15) is 0 Å². The average molecular weight is 311 g/mol. The standard InChI is InChI=1S/C17H27ClN2O/c1-4-8-19-13(2)15-5-6-17(16(18)10-15)20-9-7-14(11-20)12-21-3/h5-6,10,13-14,19H,4,7-9,11-12H2,1-3H3. The third-order valence-corrected chi connectivity index (χ3v) is 4.50. The Labute approximate surface area is 133 Å². The zero-order chi connectivity index (χ0) is 15.2. The molecular formula is C17H27ClN2O. The molecule has 1 aliphatic rings. The molecule has 0 amide bonds. The molecule has 1 saturated heterocycles. The van der Waals surface area contributed by atoms with E-state index in [1.165, 1.54) is 12.0 Å². The Balaban J connectivity index is 2.02. The molecule has 1 aromatic carbocycles. The van der Waals surface area contributed by atoms with Crippen LogP contribution in [0.5, 0.6) is 0 Å². The molecule has 0 bridgehead atoms. The highest BCUT2D eigenvalue weighted by molar-refractivity contribution is 6.33. The van der Waals surface area contributed by atoms with Crippen LogP contribution in [0.1, 0.15) is 38.3 Å². The van der Waals surface area contributed by atoms with E-state index in [4.69, 9.17) is 16.3 Å². The van der Waals surface area contributed by atoms with Gasteiger partial charge >= 0.3 is 0 Å². The van der Waals surface area contributed by atoms with Crippen LogP contribution in [-0.4, -0.2) is 33.4 Å². The van der Waals surface area contributed by atoms with Crippen molar-refractivity contribution in [2.75, 3.05) is 38.3 Å². The summed E-state index contributed by atoms with van der Waals surface area (Å²) in [5, 5.41) is 4.36. The maximum absolute atomic E-state index is 6.51. The summed E-state index contributed by atoms with van der Waals surface area (Å²) in [5.74, 6) is 0.621. The van der Waals surface area contributed by atoms with Crippen LogP contribution in [0, 0.1) is 5.92 Å². The summed E-state index contributed by atoms with van der Waals surface area (Å²) in [6, 6.07) is 6.81. The number of nitrogens with one attached hydrogen (secondary N) is 1. The van der Waals surface area contributed by atoms with Gasteiger partial charge in [-0.05, 0) is 44.0 Å². The number of benzene rings is 1. The summed E-state index contributed by atoms with van der Waals surface area (Å²) in [5.41, 5.74) is 2.41. The molecule has 2 rings (SSSR count). The summed E-state index contributed by atoms with van der Waals surface area (Å²) >= 11 is 6.51. The highest BCUT2D eigenvalue weighted by Gasteiger charge is 2.24. The minimum atomic E-state index is 0.344. The smallest absolute Gasteiger partial charge is 0.0642 e. The summed E-state index contributed by atoms with van der Waals surface area (Å²) < 4.78 is 5.26. The quantitative estimate of drug-likeness (QED) is 0.827. The second-order valence-electron chi connectivity index (χ2n) is 5.94. The lowest BCUT2D eigenvalue weighted by Gasteiger charge is -2.22. The predicted octanol–water partition coefficient (Wildman–Crippen LogP) is 3.87. The third-order valence-electron chi connectivity index (χ3n) is 4.20. The van der Waals surface area contributed by atoms with Crippen molar-refractivity contribution in [3.05, 3.63) is 28.8 Å². The maximum Gasteiger partial charge on any atom is 0.0642 e. The van der Waals surface area contributed by atoms with E-state index in [1.54, 1.807) is 7.11 Å². The van der Waals surface area contributed by atoms with Crippen LogP contribution in [-0.2, 0) is 4.74 Å². The van der Waals surface area contributed by atoms with Gasteiger partial charge in [0.15, 0.2) is 0 Å². The number of anilines is 1. The van der Waals surface area contributed by atoms with Crippen molar-refractivity contribution in [2.24, 2.45) is 5.92 Å². The van der Waals surface area contributed by atoms with Crippen LogP contribution >= 0.6 is 11.6 Å². The Bertz CT molecular complexity index is 452. The van der Waals surface area contributed by atoms with Gasteiger partial charge in [0.05, 0.1) is 17.3 Å². The van der Waals surface area contributed by atoms with Gasteiger partial charge in [-0.15, -0.1) is 0 Å². The maximum atomic E-state index is 6.51. The fourth-order valence-electron chi connectivity index (χ4n) is 2.95. The molecule has 1 N–H and O–H groups in total. The second kappa shape index (κ2) is 8.02. The van der Waals surface area contributed by atoms with Gasteiger partial charge in [0, 0.05) is 32.2 Å². The van der Waals surface area contributed by atoms with E-state index in [1.807, 2.05) is 0 Å². The number of methoxy groups -OCH3 is 1. The molecule has 1 fully saturated rings. The molecular weight excluding hydrogens is 284 g/mol. The van der Waals surface area contributed by atoms with Gasteiger partial charge in [0.25, 0.3) is 0 Å². The van der Waals surface area contributed by atoms with Gasteiger partial charge in [-0.3, -0.25) is 0 Å². The van der Waals surface area contributed by atoms with Crippen molar-refractivity contribution in [1.82, 2.24) is 5.32 Å². The summed E-state index contributed by atoms with van der Waals surface area (Å²) in [7, 11) is 1.77. The van der Waals surface area contributed by atoms with E-state index in [-0.39, 0.29) is 0 Å². The zero-order valence-corrected chi connectivity index (χ0v) is 14.1. The molecule has 1 heterocycles. The van der Waals surface area contributed by atoms with Crippen LogP contribution in [0.25, 0.3) is 0 Å². The Kier molecular flexibility index (Phi) is 6.34. The van der Waals surface area contributed by atoms with E-state index < -0.39 is 0 Å². The zero-order valence-electron chi connectivity index (χ0n) is 13.4. The molecule has 2 unspecified atom stereocenters. The number of halogens is 1. The van der Waals surface area contributed by atoms with E-state index >= 15 is 0 Å². The van der Waals surface area contributed by atoms with Crippen molar-refractivity contribution < 1.29 is 4.74 Å². The number of nitrogens with zero attached hydrogens (tertiary/aromatic N) is 1. The summed E-state index contributed by atoms with van der Waals surface area (Å²) in [6.45, 7) is 8.34. The lowest BCUT2D eigenvalue weighted by molar-refractivity contribution is 0.161. The Hall–Kier alpha value is -0.770. The second-order valence-corrected chi connectivity index (χ2v) is 6.35. The molecule has 0 aliphatic carbocycles. The fourth-order valence-corrected chi connectivity index (χ4v) is 3.26. The topological polar surface area (TPSA) is 24.5 Å². The molecule has 2 atom stereocenters. The first kappa shape index (κ1) is 16.6. The minimum Gasteiger partial charge on any atom is -0.384 e. The average Bonchev–Trinajstić information content (AvgIpc) is 2.93. The Morgan fingerprint density at radius 3 is 2.95 bits per heavy atom. The SMILES string of the molecule is CCCNC(C)c1ccc(N2CCC(COC)C2)c(Cl)c1. The predicted molar refractivity (Wildman–Crippen MR) is 90.4 cm³/mol. The highest BCUT2D eigenvalue weighted by Crippen LogP contribution is 2.32. The molecule has 1 aromatic rings. The number of ether oxygens (including phenoxy) is 1. The van der Waals surface area contributed by atoms with Crippen molar-refractivity contribution in [2.45, 2.75) is 32.7 Å². The molecule has 0 radical (unpaired) electrons. The molecule has 0 aromatic heterocycles. The summed E-state index contributed by atoms with van der Waals surface area (Å²) in [4.78, 5) is 2.37. The van der Waals surface area contributed by atoms with Crippen molar-refractivity contribution in [3.8, 4) is 0 Å². The number of hydrogen-bond donors (Lipinski definition) is 1. The van der Waals surface area contributed by atoms with Crippen LogP contribution in [0.15, 0.2) is 18.2 Å². The molecule has 4 heteroatoms. The molecule has 118 valence electrons. The summed E-state index contributed by atoms with van der Waals surface area (Å²) in [6.07, 6.45) is 2.32. The van der Waals surface area contributed by atoms with Gasteiger partial charge in [-0.1, -0.05) is 24.6 Å². The van der Waals surface area contributed by atoms with E-state index in [9.17, 15) is 0 Å². The molecule has 1 aliphatic heterocycles.